The van der Waals surface area contributed by atoms with Crippen molar-refractivity contribution in [2.75, 3.05) is 19.6 Å². The Morgan fingerprint density at radius 1 is 0.786 bits per heavy atom. The van der Waals surface area contributed by atoms with Gasteiger partial charge in [0.25, 0.3) is 0 Å². The SMILES string of the molecule is COc1c(-c2ccc(OCc3ccccc3)c(OCc3ccccc3)c2)oc2cc(OCCCCCl)cc(O)c2c1=O. The molecular weight excluding hydrogens is 556 g/mol. The molecule has 1 aromatic heterocycles. The van der Waals surface area contributed by atoms with Crippen molar-refractivity contribution in [2.24, 2.45) is 0 Å². The summed E-state index contributed by atoms with van der Waals surface area (Å²) in [6, 6.07) is 27.9. The fourth-order valence-corrected chi connectivity index (χ4v) is 4.64. The lowest BCUT2D eigenvalue weighted by Crippen LogP contribution is -2.08. The third-order valence-corrected chi connectivity index (χ3v) is 6.85. The highest BCUT2D eigenvalue weighted by molar-refractivity contribution is 6.17. The number of halogens is 1. The molecule has 0 bridgehead atoms. The van der Waals surface area contributed by atoms with Gasteiger partial charge in [-0.3, -0.25) is 4.79 Å². The number of fused-ring (bicyclic) bond motifs is 1. The second-order valence-electron chi connectivity index (χ2n) is 9.56. The first-order valence-electron chi connectivity index (χ1n) is 13.6. The van der Waals surface area contributed by atoms with Gasteiger partial charge in [-0.2, -0.15) is 0 Å². The van der Waals surface area contributed by atoms with Crippen LogP contribution in [0.4, 0.5) is 0 Å². The largest absolute Gasteiger partial charge is 0.507 e. The summed E-state index contributed by atoms with van der Waals surface area (Å²) < 4.78 is 29.8. The highest BCUT2D eigenvalue weighted by Crippen LogP contribution is 2.39. The monoisotopic (exact) mass is 586 g/mol. The predicted molar refractivity (Wildman–Crippen MR) is 163 cm³/mol. The van der Waals surface area contributed by atoms with Crippen LogP contribution in [0.15, 0.2) is 100 Å². The highest BCUT2D eigenvalue weighted by atomic mass is 35.5. The van der Waals surface area contributed by atoms with E-state index in [2.05, 4.69) is 0 Å². The summed E-state index contributed by atoms with van der Waals surface area (Å²) in [5.74, 6) is 1.81. The van der Waals surface area contributed by atoms with Crippen LogP contribution in [0.1, 0.15) is 24.0 Å². The van der Waals surface area contributed by atoms with E-state index < -0.39 is 5.43 Å². The number of methoxy groups -OCH3 is 1. The van der Waals surface area contributed by atoms with Gasteiger partial charge in [-0.25, -0.2) is 0 Å². The van der Waals surface area contributed by atoms with E-state index >= 15 is 0 Å². The van der Waals surface area contributed by atoms with Crippen molar-refractivity contribution in [2.45, 2.75) is 26.1 Å². The van der Waals surface area contributed by atoms with Gasteiger partial charge in [-0.05, 0) is 42.2 Å². The zero-order valence-electron chi connectivity index (χ0n) is 23.2. The van der Waals surface area contributed by atoms with Gasteiger partial charge in [0.05, 0.1) is 13.7 Å². The number of rotatable bonds is 13. The van der Waals surface area contributed by atoms with Gasteiger partial charge in [-0.1, -0.05) is 60.7 Å². The summed E-state index contributed by atoms with van der Waals surface area (Å²) in [6.07, 6.45) is 1.56. The second-order valence-corrected chi connectivity index (χ2v) is 9.94. The van der Waals surface area contributed by atoms with Gasteiger partial charge in [-0.15, -0.1) is 11.6 Å². The fraction of sp³-hybridized carbons (Fsp3) is 0.206. The van der Waals surface area contributed by atoms with Crippen LogP contribution in [-0.2, 0) is 13.2 Å². The molecule has 0 saturated carbocycles. The van der Waals surface area contributed by atoms with Gasteiger partial charge < -0.3 is 28.5 Å². The number of benzene rings is 4. The van der Waals surface area contributed by atoms with E-state index in [1.54, 1.807) is 24.3 Å². The molecule has 0 aliphatic heterocycles. The number of unbranched alkanes of at least 4 members (excludes halogenated alkanes) is 1. The van der Waals surface area contributed by atoms with Crippen LogP contribution in [-0.4, -0.2) is 24.7 Å². The zero-order valence-corrected chi connectivity index (χ0v) is 23.9. The number of phenols is 1. The first-order valence-corrected chi connectivity index (χ1v) is 14.1. The molecule has 0 radical (unpaired) electrons. The minimum atomic E-state index is -0.504. The molecule has 4 aromatic carbocycles. The van der Waals surface area contributed by atoms with Gasteiger partial charge >= 0.3 is 0 Å². The summed E-state index contributed by atoms with van der Waals surface area (Å²) in [7, 11) is 1.39. The van der Waals surface area contributed by atoms with Gasteiger partial charge in [0.2, 0.25) is 11.2 Å². The first kappa shape index (κ1) is 28.9. The van der Waals surface area contributed by atoms with E-state index in [9.17, 15) is 9.90 Å². The molecule has 1 N–H and O–H groups in total. The summed E-state index contributed by atoms with van der Waals surface area (Å²) in [4.78, 5) is 13.5. The molecule has 0 amide bonds. The Morgan fingerprint density at radius 2 is 1.45 bits per heavy atom. The molecule has 42 heavy (non-hydrogen) atoms. The van der Waals surface area contributed by atoms with Crippen LogP contribution in [0, 0.1) is 0 Å². The minimum Gasteiger partial charge on any atom is -0.507 e. The highest BCUT2D eigenvalue weighted by Gasteiger charge is 2.22. The maximum atomic E-state index is 13.5. The summed E-state index contributed by atoms with van der Waals surface area (Å²) in [5, 5.41) is 10.7. The fourth-order valence-electron chi connectivity index (χ4n) is 4.46. The topological polar surface area (TPSA) is 87.4 Å². The van der Waals surface area contributed by atoms with Crippen LogP contribution in [0.5, 0.6) is 28.7 Å². The third kappa shape index (κ3) is 6.81. The molecule has 0 saturated heterocycles. The third-order valence-electron chi connectivity index (χ3n) is 6.59. The molecule has 0 aliphatic carbocycles. The van der Waals surface area contributed by atoms with Crippen molar-refractivity contribution in [3.63, 3.8) is 0 Å². The number of hydrogen-bond donors (Lipinski definition) is 1. The molecule has 5 aromatic rings. The first-order chi connectivity index (χ1) is 20.6. The smallest absolute Gasteiger partial charge is 0.239 e. The van der Waals surface area contributed by atoms with E-state index in [-0.39, 0.29) is 28.2 Å². The molecule has 0 atom stereocenters. The number of phenolic OH excluding ortho intramolecular Hbond substituents is 1. The van der Waals surface area contributed by atoms with E-state index in [0.29, 0.717) is 48.5 Å². The molecule has 1 heterocycles. The Morgan fingerprint density at radius 3 is 2.10 bits per heavy atom. The Balaban J connectivity index is 1.53. The van der Waals surface area contributed by atoms with Gasteiger partial charge in [0.15, 0.2) is 17.3 Å². The van der Waals surface area contributed by atoms with Crippen LogP contribution < -0.4 is 24.4 Å². The standard InChI is InChI=1S/C34H31ClO7/c1-38-34-32(37)31-27(36)19-26(39-17-9-8-16-35)20-30(31)42-33(34)25-14-15-28(40-21-23-10-4-2-5-11-23)29(18-25)41-22-24-12-6-3-7-13-24/h2-7,10-15,18-20,36H,8-9,16-17,21-22H2,1H3. The lowest BCUT2D eigenvalue weighted by molar-refractivity contribution is 0.256. The average Bonchev–Trinajstić information content (AvgIpc) is 3.02. The van der Waals surface area contributed by atoms with Crippen LogP contribution in [0.2, 0.25) is 0 Å². The Bertz CT molecular complexity index is 1680. The summed E-state index contributed by atoms with van der Waals surface area (Å²) >= 11 is 5.75. The lowest BCUT2D eigenvalue weighted by atomic mass is 10.1. The van der Waals surface area contributed by atoms with Crippen molar-refractivity contribution in [3.8, 4) is 40.1 Å². The van der Waals surface area contributed by atoms with Gasteiger partial charge in [0, 0.05) is 23.6 Å². The molecule has 5 rings (SSSR count). The van der Waals surface area contributed by atoms with E-state index in [1.165, 1.54) is 13.2 Å². The number of alkyl halides is 1. The molecule has 8 heteroatoms. The Labute approximate surface area is 248 Å². The normalized spacial score (nSPS) is 10.9. The zero-order chi connectivity index (χ0) is 29.3. The van der Waals surface area contributed by atoms with Crippen molar-refractivity contribution in [1.29, 1.82) is 0 Å². The summed E-state index contributed by atoms with van der Waals surface area (Å²) in [5.41, 5.74) is 2.20. The Kier molecular flexibility index (Phi) is 9.51. The number of ether oxygens (including phenoxy) is 4. The molecule has 0 unspecified atom stereocenters. The molecule has 216 valence electrons. The van der Waals surface area contributed by atoms with E-state index in [4.69, 9.17) is 35.0 Å². The number of aromatic hydroxyl groups is 1. The average molecular weight is 587 g/mol. The maximum absolute atomic E-state index is 13.5. The molecule has 0 fully saturated rings. The van der Waals surface area contributed by atoms with Crippen molar-refractivity contribution >= 4 is 22.6 Å². The van der Waals surface area contributed by atoms with Crippen LogP contribution in [0.25, 0.3) is 22.3 Å². The van der Waals surface area contributed by atoms with Crippen molar-refractivity contribution in [3.05, 3.63) is 112 Å². The second kappa shape index (κ2) is 13.8. The molecular formula is C34H31ClO7. The molecule has 0 spiro atoms. The molecule has 7 nitrogen and oxygen atoms in total. The van der Waals surface area contributed by atoms with Crippen LogP contribution in [0.3, 0.4) is 0 Å². The lowest BCUT2D eigenvalue weighted by Gasteiger charge is -2.16. The number of hydrogen-bond acceptors (Lipinski definition) is 7. The van der Waals surface area contributed by atoms with Gasteiger partial charge in [0.1, 0.15) is 35.7 Å². The van der Waals surface area contributed by atoms with E-state index in [0.717, 1.165) is 24.0 Å². The van der Waals surface area contributed by atoms with Crippen molar-refractivity contribution in [1.82, 2.24) is 0 Å². The van der Waals surface area contributed by atoms with Crippen LogP contribution >= 0.6 is 11.6 Å². The maximum Gasteiger partial charge on any atom is 0.239 e. The van der Waals surface area contributed by atoms with Crippen molar-refractivity contribution < 1.29 is 28.5 Å². The predicted octanol–water partition coefficient (Wildman–Crippen LogP) is 7.73. The Hall–Kier alpha value is -4.62. The quantitative estimate of drug-likeness (QED) is 0.112. The molecule has 0 aliphatic rings. The summed E-state index contributed by atoms with van der Waals surface area (Å²) in [6.45, 7) is 1.07. The van der Waals surface area contributed by atoms with E-state index in [1.807, 2.05) is 60.7 Å². The minimum absolute atomic E-state index is 0.00655.